The Kier molecular flexibility index (Phi) is 9.19. The van der Waals surface area contributed by atoms with Gasteiger partial charge in [-0.05, 0) is 47.2 Å². The Morgan fingerprint density at radius 1 is 1.12 bits per heavy atom. The van der Waals surface area contributed by atoms with Crippen molar-refractivity contribution in [3.63, 3.8) is 0 Å². The topological polar surface area (TPSA) is 89.5 Å². The Morgan fingerprint density at radius 2 is 1.81 bits per heavy atom. The van der Waals surface area contributed by atoms with Crippen molar-refractivity contribution in [3.8, 4) is 5.75 Å². The zero-order valence-corrected chi connectivity index (χ0v) is 23.0. The molecule has 7 nitrogen and oxygen atoms in total. The molecule has 228 valence electrons. The van der Waals surface area contributed by atoms with Gasteiger partial charge in [-0.3, -0.25) is 14.6 Å². The minimum absolute atomic E-state index is 0.0315. The summed E-state index contributed by atoms with van der Waals surface area (Å²) in [5.74, 6) is -1.58. The first-order chi connectivity index (χ1) is 19.7. The van der Waals surface area contributed by atoms with Crippen LogP contribution in [0.1, 0.15) is 55.8 Å². The fourth-order valence-corrected chi connectivity index (χ4v) is 4.69. The summed E-state index contributed by atoms with van der Waals surface area (Å²) < 4.78 is 92.1. The molecule has 2 aliphatic heterocycles. The second-order valence-electron chi connectivity index (χ2n) is 10.7. The first-order valence-electron chi connectivity index (χ1n) is 13.4. The minimum Gasteiger partial charge on any atom is -0.494 e. The van der Waals surface area contributed by atoms with Crippen molar-refractivity contribution in [1.29, 1.82) is 0 Å². The van der Waals surface area contributed by atoms with E-state index in [0.717, 1.165) is 17.7 Å². The lowest BCUT2D eigenvalue weighted by molar-refractivity contribution is -0.201. The van der Waals surface area contributed by atoms with E-state index in [1.54, 1.807) is 18.3 Å². The van der Waals surface area contributed by atoms with E-state index in [9.17, 15) is 35.9 Å². The van der Waals surface area contributed by atoms with Gasteiger partial charge in [0.25, 0.3) is 0 Å². The van der Waals surface area contributed by atoms with Crippen molar-refractivity contribution in [3.05, 3.63) is 65.0 Å². The van der Waals surface area contributed by atoms with E-state index in [-0.39, 0.29) is 72.8 Å². The smallest absolute Gasteiger partial charge is 0.416 e. The molecule has 2 amide bonds. The highest BCUT2D eigenvalue weighted by atomic mass is 19.4. The molecule has 2 aromatic rings. The molecule has 42 heavy (non-hydrogen) atoms. The van der Waals surface area contributed by atoms with Gasteiger partial charge in [-0.2, -0.15) is 26.3 Å². The number of halogens is 6. The third kappa shape index (κ3) is 7.05. The van der Waals surface area contributed by atoms with Gasteiger partial charge in [0, 0.05) is 31.2 Å². The molecule has 1 saturated heterocycles. The molecule has 0 unspecified atom stereocenters. The van der Waals surface area contributed by atoms with Gasteiger partial charge in [0.15, 0.2) is 5.54 Å². The van der Waals surface area contributed by atoms with Gasteiger partial charge >= 0.3 is 12.4 Å². The lowest BCUT2D eigenvalue weighted by atomic mass is 9.77. The zero-order valence-electron chi connectivity index (χ0n) is 23.0. The molecule has 2 aliphatic rings. The van der Waals surface area contributed by atoms with Gasteiger partial charge < -0.3 is 20.1 Å². The van der Waals surface area contributed by atoms with Gasteiger partial charge in [0.05, 0.1) is 31.4 Å². The molecule has 1 fully saturated rings. The number of aromatic nitrogens is 1. The third-order valence-corrected chi connectivity index (χ3v) is 7.32. The van der Waals surface area contributed by atoms with Crippen LogP contribution in [-0.4, -0.2) is 55.5 Å². The van der Waals surface area contributed by atoms with Crippen LogP contribution in [-0.2, 0) is 19.9 Å². The SMILES string of the molecule is CC(C)c1ccc(C2=C(CNC(=O)C3COC3)C(=O)N[C@@](c3ccc(OCCCC(F)(F)F)cc3)(C(F)(F)F)C2)nc1. The Morgan fingerprint density at radius 3 is 2.33 bits per heavy atom. The molecular formula is C29H31F6N3O4. The van der Waals surface area contributed by atoms with Crippen LogP contribution in [0.3, 0.4) is 0 Å². The number of carbonyl (C=O) groups is 2. The Labute approximate surface area is 238 Å². The van der Waals surface area contributed by atoms with E-state index in [4.69, 9.17) is 9.47 Å². The molecule has 13 heteroatoms. The normalized spacial score (nSPS) is 19.9. The molecule has 0 saturated carbocycles. The maximum atomic E-state index is 14.9. The number of hydrogen-bond donors (Lipinski definition) is 2. The predicted molar refractivity (Wildman–Crippen MR) is 140 cm³/mol. The molecule has 2 N–H and O–H groups in total. The predicted octanol–water partition coefficient (Wildman–Crippen LogP) is 5.42. The number of alkyl halides is 6. The Balaban J connectivity index is 1.66. The van der Waals surface area contributed by atoms with Crippen LogP contribution < -0.4 is 15.4 Å². The summed E-state index contributed by atoms with van der Waals surface area (Å²) in [4.78, 5) is 30.2. The summed E-state index contributed by atoms with van der Waals surface area (Å²) in [5, 5.41) is 4.77. The highest BCUT2D eigenvalue weighted by Gasteiger charge is 2.59. The maximum Gasteiger partial charge on any atom is 0.416 e. The van der Waals surface area contributed by atoms with Crippen molar-refractivity contribution < 1.29 is 45.4 Å². The van der Waals surface area contributed by atoms with E-state index in [1.165, 1.54) is 12.1 Å². The third-order valence-electron chi connectivity index (χ3n) is 7.32. The number of pyridine rings is 1. The van der Waals surface area contributed by atoms with Crippen molar-refractivity contribution in [2.75, 3.05) is 26.4 Å². The van der Waals surface area contributed by atoms with Crippen LogP contribution in [0.2, 0.25) is 0 Å². The molecule has 1 aromatic carbocycles. The van der Waals surface area contributed by atoms with Crippen molar-refractivity contribution in [1.82, 2.24) is 15.6 Å². The number of carbonyl (C=O) groups excluding carboxylic acids is 2. The fourth-order valence-electron chi connectivity index (χ4n) is 4.69. The summed E-state index contributed by atoms with van der Waals surface area (Å²) in [6.45, 7) is 3.75. The number of nitrogens with zero attached hydrogens (tertiary/aromatic N) is 1. The largest absolute Gasteiger partial charge is 0.494 e. The molecule has 3 heterocycles. The average molecular weight is 600 g/mol. The number of nitrogens with one attached hydrogen (secondary N) is 2. The van der Waals surface area contributed by atoms with Crippen molar-refractivity contribution >= 4 is 17.4 Å². The lowest BCUT2D eigenvalue weighted by Gasteiger charge is -2.41. The number of ether oxygens (including phenoxy) is 2. The average Bonchev–Trinajstić information content (AvgIpc) is 2.88. The van der Waals surface area contributed by atoms with Gasteiger partial charge in [-0.25, -0.2) is 0 Å². The number of benzene rings is 1. The number of hydrogen-bond acceptors (Lipinski definition) is 5. The molecule has 0 spiro atoms. The number of rotatable bonds is 10. The number of amides is 2. The standard InChI is InChI=1S/C29H31F6N3O4/c1-17(2)18-4-9-24(36-13-18)22-12-27(29(33,34)35,38-26(40)23(22)14-37-25(39)19-15-41-16-19)20-5-7-21(8-6-20)42-11-3-10-28(30,31)32/h4-9,13,17,19H,3,10-12,14-16H2,1-2H3,(H,37,39)(H,38,40)/t27-/m0/s1. The maximum absolute atomic E-state index is 14.9. The van der Waals surface area contributed by atoms with Gasteiger partial charge in [-0.1, -0.05) is 32.0 Å². The van der Waals surface area contributed by atoms with E-state index in [2.05, 4.69) is 15.6 Å². The van der Waals surface area contributed by atoms with Gasteiger partial charge in [0.2, 0.25) is 11.8 Å². The van der Waals surface area contributed by atoms with E-state index in [0.29, 0.717) is 0 Å². The second kappa shape index (κ2) is 12.3. The van der Waals surface area contributed by atoms with Crippen LogP contribution in [0.25, 0.3) is 5.57 Å². The molecule has 0 bridgehead atoms. The molecule has 4 rings (SSSR count). The van der Waals surface area contributed by atoms with Crippen LogP contribution in [0.15, 0.2) is 48.2 Å². The highest BCUT2D eigenvalue weighted by Crippen LogP contribution is 2.48. The summed E-state index contributed by atoms with van der Waals surface area (Å²) in [6.07, 6.45) is -9.82. The van der Waals surface area contributed by atoms with Crippen LogP contribution in [0, 0.1) is 5.92 Å². The minimum atomic E-state index is -4.96. The summed E-state index contributed by atoms with van der Waals surface area (Å²) in [6, 6.07) is 7.99. The van der Waals surface area contributed by atoms with E-state index >= 15 is 0 Å². The molecular weight excluding hydrogens is 568 g/mol. The van der Waals surface area contributed by atoms with E-state index in [1.807, 2.05) is 13.8 Å². The Bertz CT molecular complexity index is 1300. The van der Waals surface area contributed by atoms with E-state index < -0.39 is 42.6 Å². The zero-order chi connectivity index (χ0) is 30.7. The quantitative estimate of drug-likeness (QED) is 0.281. The second-order valence-corrected chi connectivity index (χ2v) is 10.7. The Hall–Kier alpha value is -3.61. The van der Waals surface area contributed by atoms with Crippen molar-refractivity contribution in [2.24, 2.45) is 5.92 Å². The molecule has 1 atom stereocenters. The molecule has 0 aliphatic carbocycles. The van der Waals surface area contributed by atoms with Crippen LogP contribution >= 0.6 is 0 Å². The lowest BCUT2D eigenvalue weighted by Crippen LogP contribution is -2.59. The first-order valence-corrected chi connectivity index (χ1v) is 13.4. The first kappa shape index (κ1) is 31.3. The van der Waals surface area contributed by atoms with Gasteiger partial charge in [-0.15, -0.1) is 0 Å². The summed E-state index contributed by atoms with van der Waals surface area (Å²) >= 11 is 0. The molecule has 0 radical (unpaired) electrons. The monoisotopic (exact) mass is 599 g/mol. The molecule has 1 aromatic heterocycles. The van der Waals surface area contributed by atoms with Crippen LogP contribution in [0.4, 0.5) is 26.3 Å². The van der Waals surface area contributed by atoms with Crippen molar-refractivity contribution in [2.45, 2.75) is 56.9 Å². The van der Waals surface area contributed by atoms with Gasteiger partial charge in [0.1, 0.15) is 5.75 Å². The summed E-state index contributed by atoms with van der Waals surface area (Å²) in [5.41, 5.74) is -2.13. The highest BCUT2D eigenvalue weighted by molar-refractivity contribution is 6.04. The van der Waals surface area contributed by atoms with Crippen LogP contribution in [0.5, 0.6) is 5.75 Å². The fraction of sp³-hybridized carbons (Fsp3) is 0.483. The summed E-state index contributed by atoms with van der Waals surface area (Å²) in [7, 11) is 0.